The Morgan fingerprint density at radius 3 is 2.26 bits per heavy atom. The van der Waals surface area contributed by atoms with Crippen LogP contribution in [0.25, 0.3) is 0 Å². The van der Waals surface area contributed by atoms with Crippen molar-refractivity contribution in [1.82, 2.24) is 5.32 Å². The molecule has 0 radical (unpaired) electrons. The van der Waals surface area contributed by atoms with Crippen LogP contribution in [0.15, 0.2) is 48.5 Å². The molecule has 0 saturated heterocycles. The normalized spacial score (nSPS) is 10.5. The maximum absolute atomic E-state index is 11.8. The van der Waals surface area contributed by atoms with E-state index in [9.17, 15) is 4.79 Å². The van der Waals surface area contributed by atoms with Gasteiger partial charge < -0.3 is 10.4 Å². The summed E-state index contributed by atoms with van der Waals surface area (Å²) in [6.07, 6.45) is 0.806. The Kier molecular flexibility index (Phi) is 7.17. The van der Waals surface area contributed by atoms with E-state index in [0.29, 0.717) is 12.3 Å². The zero-order valence-electron chi connectivity index (χ0n) is 13.4. The quantitative estimate of drug-likeness (QED) is 0.782. The van der Waals surface area contributed by atoms with Crippen molar-refractivity contribution in [1.29, 1.82) is 0 Å². The van der Waals surface area contributed by atoms with Gasteiger partial charge in [0.25, 0.3) is 0 Å². The second kappa shape index (κ2) is 9.38. The van der Waals surface area contributed by atoms with E-state index in [1.165, 1.54) is 11.1 Å². The van der Waals surface area contributed by atoms with Crippen molar-refractivity contribution in [2.45, 2.75) is 25.7 Å². The van der Waals surface area contributed by atoms with E-state index >= 15 is 0 Å². The average molecular weight is 329 g/mol. The highest BCUT2D eigenvalue weighted by Crippen LogP contribution is 2.12. The van der Waals surface area contributed by atoms with E-state index in [1.807, 2.05) is 24.3 Å². The van der Waals surface area contributed by atoms with E-state index in [0.717, 1.165) is 23.3 Å². The first kappa shape index (κ1) is 17.6. The van der Waals surface area contributed by atoms with Crippen LogP contribution in [-0.2, 0) is 23.6 Å². The van der Waals surface area contributed by atoms with E-state index in [2.05, 4.69) is 36.5 Å². The van der Waals surface area contributed by atoms with Crippen molar-refractivity contribution in [3.8, 4) is 0 Å². The molecule has 122 valence electrons. The first-order valence-electron chi connectivity index (χ1n) is 7.76. The zero-order valence-corrected chi connectivity index (χ0v) is 14.2. The highest BCUT2D eigenvalue weighted by molar-refractivity contribution is 7.99. The summed E-state index contributed by atoms with van der Waals surface area (Å²) >= 11 is 1.63. The monoisotopic (exact) mass is 329 g/mol. The molecule has 2 aromatic rings. The fourth-order valence-electron chi connectivity index (χ4n) is 2.15. The van der Waals surface area contributed by atoms with E-state index in [4.69, 9.17) is 5.11 Å². The molecule has 0 aromatic heterocycles. The molecule has 0 aliphatic heterocycles. The zero-order chi connectivity index (χ0) is 16.5. The molecule has 3 nitrogen and oxygen atoms in total. The Balaban J connectivity index is 1.62. The van der Waals surface area contributed by atoms with Crippen molar-refractivity contribution in [3.05, 3.63) is 70.8 Å². The first-order valence-corrected chi connectivity index (χ1v) is 8.91. The fourth-order valence-corrected chi connectivity index (χ4v) is 2.97. The number of aryl methyl sites for hydroxylation is 1. The molecule has 0 fully saturated rings. The molecule has 0 bridgehead atoms. The van der Waals surface area contributed by atoms with Gasteiger partial charge in [-0.15, -0.1) is 11.8 Å². The molecule has 0 aliphatic carbocycles. The summed E-state index contributed by atoms with van der Waals surface area (Å²) in [6, 6.07) is 16.2. The highest BCUT2D eigenvalue weighted by atomic mass is 32.2. The Bertz CT molecular complexity index is 608. The van der Waals surface area contributed by atoms with Crippen molar-refractivity contribution in [2.24, 2.45) is 0 Å². The summed E-state index contributed by atoms with van der Waals surface area (Å²) < 4.78 is 0. The van der Waals surface area contributed by atoms with Crippen LogP contribution in [0.5, 0.6) is 0 Å². The predicted octanol–water partition coefficient (Wildman–Crippen LogP) is 3.08. The lowest BCUT2D eigenvalue weighted by atomic mass is 10.1. The van der Waals surface area contributed by atoms with Crippen LogP contribution < -0.4 is 5.32 Å². The van der Waals surface area contributed by atoms with Crippen LogP contribution in [0.1, 0.15) is 22.3 Å². The number of aliphatic hydroxyl groups is 1. The molecule has 1 amide bonds. The molecule has 2 aromatic carbocycles. The first-order chi connectivity index (χ1) is 11.2. The third-order valence-electron chi connectivity index (χ3n) is 3.56. The number of aliphatic hydroxyl groups excluding tert-OH is 1. The van der Waals surface area contributed by atoms with Crippen LogP contribution in [0.3, 0.4) is 0 Å². The number of carbonyl (C=O) groups excluding carboxylic acids is 1. The molecule has 4 heteroatoms. The summed E-state index contributed by atoms with van der Waals surface area (Å²) in [6.45, 7) is 2.78. The molecule has 0 saturated carbocycles. The van der Waals surface area contributed by atoms with E-state index in [1.54, 1.807) is 11.8 Å². The molecule has 0 unspecified atom stereocenters. The maximum Gasteiger partial charge on any atom is 0.230 e. The van der Waals surface area contributed by atoms with E-state index < -0.39 is 0 Å². The minimum Gasteiger partial charge on any atom is -0.392 e. The van der Waals surface area contributed by atoms with Gasteiger partial charge in [-0.25, -0.2) is 0 Å². The van der Waals surface area contributed by atoms with Gasteiger partial charge in [-0.05, 0) is 30.0 Å². The molecule has 2 rings (SSSR count). The lowest BCUT2D eigenvalue weighted by Gasteiger charge is -2.06. The molecule has 0 spiro atoms. The van der Waals surface area contributed by atoms with Gasteiger partial charge in [0.2, 0.25) is 5.91 Å². The molecular weight excluding hydrogens is 306 g/mol. The van der Waals surface area contributed by atoms with Gasteiger partial charge in [0, 0.05) is 12.3 Å². The number of hydrogen-bond acceptors (Lipinski definition) is 3. The largest absolute Gasteiger partial charge is 0.392 e. The van der Waals surface area contributed by atoms with Gasteiger partial charge in [0.15, 0.2) is 0 Å². The second-order valence-electron chi connectivity index (χ2n) is 5.55. The van der Waals surface area contributed by atoms with Gasteiger partial charge in [-0.3, -0.25) is 4.79 Å². The van der Waals surface area contributed by atoms with Crippen LogP contribution in [-0.4, -0.2) is 23.3 Å². The molecule has 23 heavy (non-hydrogen) atoms. The van der Waals surface area contributed by atoms with Crippen LogP contribution in [0.4, 0.5) is 0 Å². The van der Waals surface area contributed by atoms with Gasteiger partial charge in [-0.2, -0.15) is 0 Å². The number of thioether (sulfide) groups is 1. The SMILES string of the molecule is Cc1ccc(CSCC(=O)NCCc2ccc(CO)cc2)cc1. The summed E-state index contributed by atoms with van der Waals surface area (Å²) in [5.74, 6) is 1.42. The van der Waals surface area contributed by atoms with Crippen molar-refractivity contribution in [2.75, 3.05) is 12.3 Å². The summed E-state index contributed by atoms with van der Waals surface area (Å²) in [5.41, 5.74) is 4.57. The topological polar surface area (TPSA) is 49.3 Å². The summed E-state index contributed by atoms with van der Waals surface area (Å²) in [4.78, 5) is 11.8. The molecule has 0 heterocycles. The molecule has 2 N–H and O–H groups in total. The Hall–Kier alpha value is -1.78. The standard InChI is InChI=1S/C19H23NO2S/c1-15-2-4-18(5-3-15)13-23-14-19(22)20-11-10-16-6-8-17(12-21)9-7-16/h2-9,21H,10-14H2,1H3,(H,20,22). The van der Waals surface area contributed by atoms with Crippen molar-refractivity contribution in [3.63, 3.8) is 0 Å². The Morgan fingerprint density at radius 1 is 1.00 bits per heavy atom. The minimum absolute atomic E-state index is 0.0647. The lowest BCUT2D eigenvalue weighted by Crippen LogP contribution is -2.27. The predicted molar refractivity (Wildman–Crippen MR) is 96.4 cm³/mol. The Labute approximate surface area is 142 Å². The highest BCUT2D eigenvalue weighted by Gasteiger charge is 2.02. The maximum atomic E-state index is 11.8. The number of amides is 1. The summed E-state index contributed by atoms with van der Waals surface area (Å²) in [5, 5.41) is 11.9. The summed E-state index contributed by atoms with van der Waals surface area (Å²) in [7, 11) is 0. The van der Waals surface area contributed by atoms with Crippen molar-refractivity contribution < 1.29 is 9.90 Å². The number of rotatable bonds is 8. The minimum atomic E-state index is 0.0647. The molecule has 0 atom stereocenters. The third kappa shape index (κ3) is 6.47. The van der Waals surface area contributed by atoms with E-state index in [-0.39, 0.29) is 12.5 Å². The van der Waals surface area contributed by atoms with Gasteiger partial charge in [-0.1, -0.05) is 54.1 Å². The average Bonchev–Trinajstić information content (AvgIpc) is 2.57. The molecular formula is C19H23NO2S. The second-order valence-corrected chi connectivity index (χ2v) is 6.54. The number of carbonyl (C=O) groups is 1. The molecule has 0 aliphatic rings. The van der Waals surface area contributed by atoms with Crippen LogP contribution >= 0.6 is 11.8 Å². The Morgan fingerprint density at radius 2 is 1.61 bits per heavy atom. The van der Waals surface area contributed by atoms with Gasteiger partial charge in [0.05, 0.1) is 12.4 Å². The number of nitrogens with one attached hydrogen (secondary N) is 1. The van der Waals surface area contributed by atoms with Crippen LogP contribution in [0, 0.1) is 6.92 Å². The van der Waals surface area contributed by atoms with Crippen LogP contribution in [0.2, 0.25) is 0 Å². The third-order valence-corrected chi connectivity index (χ3v) is 4.57. The number of hydrogen-bond donors (Lipinski definition) is 2. The van der Waals surface area contributed by atoms with Crippen molar-refractivity contribution >= 4 is 17.7 Å². The number of benzene rings is 2. The van der Waals surface area contributed by atoms with Gasteiger partial charge >= 0.3 is 0 Å². The fraction of sp³-hybridized carbons (Fsp3) is 0.316. The smallest absolute Gasteiger partial charge is 0.230 e. The lowest BCUT2D eigenvalue weighted by molar-refractivity contribution is -0.118. The van der Waals surface area contributed by atoms with Gasteiger partial charge in [0.1, 0.15) is 0 Å².